The molecule has 150 valence electrons. The van der Waals surface area contributed by atoms with Gasteiger partial charge in [-0.3, -0.25) is 14.2 Å². The Bertz CT molecular complexity index is 1090. The number of rotatable bonds is 5. The minimum absolute atomic E-state index is 0.132. The summed E-state index contributed by atoms with van der Waals surface area (Å²) >= 11 is 0. The van der Waals surface area contributed by atoms with Crippen molar-refractivity contribution in [2.75, 3.05) is 10.6 Å². The molecule has 6 nitrogen and oxygen atoms in total. The number of hydrogen-bond acceptors (Lipinski definition) is 4. The molecule has 0 radical (unpaired) electrons. The van der Waals surface area contributed by atoms with E-state index in [1.165, 1.54) is 10.6 Å². The maximum atomic E-state index is 12.7. The average molecular weight is 390 g/mol. The molecule has 29 heavy (non-hydrogen) atoms. The molecule has 0 aliphatic rings. The standard InChI is InChI=1S/C23H26N4O2/c1-14-9-15(2)11-19(10-14)25-23-24-18(5)12-21(29)27(23)13-20(28)26-22-16(3)7-6-8-17(22)4/h6-12H,13H2,1-5H3,(H,24,25)(H,26,28). The van der Waals surface area contributed by atoms with Crippen molar-refractivity contribution in [1.82, 2.24) is 9.55 Å². The molecular weight excluding hydrogens is 364 g/mol. The molecule has 1 heterocycles. The van der Waals surface area contributed by atoms with Crippen molar-refractivity contribution in [3.05, 3.63) is 80.8 Å². The van der Waals surface area contributed by atoms with Crippen LogP contribution >= 0.6 is 0 Å². The van der Waals surface area contributed by atoms with Crippen LogP contribution in [0.25, 0.3) is 0 Å². The predicted molar refractivity (Wildman–Crippen MR) is 117 cm³/mol. The van der Waals surface area contributed by atoms with Gasteiger partial charge in [-0.15, -0.1) is 0 Å². The van der Waals surface area contributed by atoms with Crippen LogP contribution in [-0.4, -0.2) is 15.5 Å². The first-order chi connectivity index (χ1) is 13.7. The van der Waals surface area contributed by atoms with Crippen LogP contribution in [0.4, 0.5) is 17.3 Å². The molecule has 3 aromatic rings. The summed E-state index contributed by atoms with van der Waals surface area (Å²) in [7, 11) is 0. The monoisotopic (exact) mass is 390 g/mol. The predicted octanol–water partition coefficient (Wildman–Crippen LogP) is 4.17. The van der Waals surface area contributed by atoms with E-state index in [0.29, 0.717) is 11.6 Å². The fourth-order valence-electron chi connectivity index (χ4n) is 3.38. The molecule has 6 heteroatoms. The zero-order valence-corrected chi connectivity index (χ0v) is 17.5. The Morgan fingerprint density at radius 1 is 0.966 bits per heavy atom. The summed E-state index contributed by atoms with van der Waals surface area (Å²) in [5, 5.41) is 6.12. The highest BCUT2D eigenvalue weighted by Crippen LogP contribution is 2.20. The number of nitrogens with one attached hydrogen (secondary N) is 2. The summed E-state index contributed by atoms with van der Waals surface area (Å²) in [5.41, 5.74) is 6.05. The molecule has 0 saturated carbocycles. The fourth-order valence-corrected chi connectivity index (χ4v) is 3.38. The van der Waals surface area contributed by atoms with Crippen LogP contribution in [0, 0.1) is 34.6 Å². The summed E-state index contributed by atoms with van der Waals surface area (Å²) in [5.74, 6) is 0.0651. The highest BCUT2D eigenvalue weighted by Gasteiger charge is 2.14. The zero-order chi connectivity index (χ0) is 21.1. The summed E-state index contributed by atoms with van der Waals surface area (Å²) in [6.07, 6.45) is 0. The Balaban J connectivity index is 1.90. The molecule has 2 aromatic carbocycles. The smallest absolute Gasteiger partial charge is 0.255 e. The van der Waals surface area contributed by atoms with E-state index >= 15 is 0 Å². The Morgan fingerprint density at radius 2 is 1.59 bits per heavy atom. The van der Waals surface area contributed by atoms with Gasteiger partial charge in [0.05, 0.1) is 0 Å². The van der Waals surface area contributed by atoms with Gasteiger partial charge < -0.3 is 10.6 Å². The Kier molecular flexibility index (Phi) is 5.82. The Labute approximate surface area is 170 Å². The van der Waals surface area contributed by atoms with Crippen LogP contribution in [0.2, 0.25) is 0 Å². The van der Waals surface area contributed by atoms with Gasteiger partial charge in [0.15, 0.2) is 0 Å². The van der Waals surface area contributed by atoms with E-state index in [2.05, 4.69) is 21.7 Å². The first-order valence-corrected chi connectivity index (χ1v) is 9.53. The summed E-state index contributed by atoms with van der Waals surface area (Å²) in [6, 6.07) is 13.3. The number of para-hydroxylation sites is 1. The van der Waals surface area contributed by atoms with Crippen molar-refractivity contribution < 1.29 is 4.79 Å². The van der Waals surface area contributed by atoms with Gasteiger partial charge in [0.2, 0.25) is 11.9 Å². The maximum Gasteiger partial charge on any atom is 0.255 e. The van der Waals surface area contributed by atoms with Crippen molar-refractivity contribution in [3.63, 3.8) is 0 Å². The van der Waals surface area contributed by atoms with Crippen LogP contribution in [-0.2, 0) is 11.3 Å². The third-order valence-electron chi connectivity index (χ3n) is 4.66. The topological polar surface area (TPSA) is 76.0 Å². The number of benzene rings is 2. The second kappa shape index (κ2) is 8.31. The van der Waals surface area contributed by atoms with Gasteiger partial charge in [0.1, 0.15) is 6.54 Å². The molecule has 2 N–H and O–H groups in total. The lowest BCUT2D eigenvalue weighted by Crippen LogP contribution is -2.30. The maximum absolute atomic E-state index is 12.7. The van der Waals surface area contributed by atoms with Crippen LogP contribution in [0.5, 0.6) is 0 Å². The van der Waals surface area contributed by atoms with E-state index in [0.717, 1.165) is 33.6 Å². The van der Waals surface area contributed by atoms with Crippen molar-refractivity contribution >= 4 is 23.2 Å². The highest BCUT2D eigenvalue weighted by molar-refractivity contribution is 5.92. The number of hydrogen-bond donors (Lipinski definition) is 2. The molecule has 0 saturated heterocycles. The van der Waals surface area contributed by atoms with E-state index < -0.39 is 0 Å². The van der Waals surface area contributed by atoms with Gasteiger partial charge in [-0.2, -0.15) is 0 Å². The van der Waals surface area contributed by atoms with E-state index in [9.17, 15) is 9.59 Å². The first-order valence-electron chi connectivity index (χ1n) is 9.53. The zero-order valence-electron chi connectivity index (χ0n) is 17.5. The molecule has 0 atom stereocenters. The Morgan fingerprint density at radius 3 is 2.21 bits per heavy atom. The summed E-state index contributed by atoms with van der Waals surface area (Å²) < 4.78 is 1.35. The number of carbonyl (C=O) groups is 1. The number of carbonyl (C=O) groups excluding carboxylic acids is 1. The van der Waals surface area contributed by atoms with Gasteiger partial charge >= 0.3 is 0 Å². The molecule has 3 rings (SSSR count). The lowest BCUT2D eigenvalue weighted by Gasteiger charge is -2.16. The largest absolute Gasteiger partial charge is 0.325 e. The van der Waals surface area contributed by atoms with Crippen molar-refractivity contribution in [2.24, 2.45) is 0 Å². The van der Waals surface area contributed by atoms with Crippen molar-refractivity contribution in [1.29, 1.82) is 0 Å². The number of aryl methyl sites for hydroxylation is 5. The second-order valence-electron chi connectivity index (χ2n) is 7.46. The molecular formula is C23H26N4O2. The number of anilines is 3. The van der Waals surface area contributed by atoms with Crippen LogP contribution in [0.1, 0.15) is 27.9 Å². The van der Waals surface area contributed by atoms with Gasteiger partial charge in [0.25, 0.3) is 5.56 Å². The number of aromatic nitrogens is 2. The third-order valence-corrected chi connectivity index (χ3v) is 4.66. The van der Waals surface area contributed by atoms with Gasteiger partial charge in [-0.25, -0.2) is 4.98 Å². The molecule has 0 aliphatic carbocycles. The molecule has 0 unspecified atom stereocenters. The Hall–Kier alpha value is -3.41. The van der Waals surface area contributed by atoms with E-state index in [-0.39, 0.29) is 18.0 Å². The SMILES string of the molecule is Cc1cc(C)cc(Nc2nc(C)cc(=O)n2CC(=O)Nc2c(C)cccc2C)c1. The normalized spacial score (nSPS) is 10.7. The van der Waals surface area contributed by atoms with E-state index in [1.807, 2.05) is 58.0 Å². The number of nitrogens with zero attached hydrogens (tertiary/aromatic N) is 2. The number of amides is 1. The molecule has 1 aromatic heterocycles. The van der Waals surface area contributed by atoms with Crippen molar-refractivity contribution in [2.45, 2.75) is 41.2 Å². The third kappa shape index (κ3) is 4.90. The molecule has 1 amide bonds. The van der Waals surface area contributed by atoms with E-state index in [1.54, 1.807) is 6.92 Å². The molecule has 0 bridgehead atoms. The fraction of sp³-hybridized carbons (Fsp3) is 0.261. The summed E-state index contributed by atoms with van der Waals surface area (Å²) in [6.45, 7) is 9.52. The minimum Gasteiger partial charge on any atom is -0.325 e. The quantitative estimate of drug-likeness (QED) is 0.686. The van der Waals surface area contributed by atoms with Gasteiger partial charge in [-0.1, -0.05) is 24.3 Å². The highest BCUT2D eigenvalue weighted by atomic mass is 16.2. The van der Waals surface area contributed by atoms with Crippen LogP contribution in [0.3, 0.4) is 0 Å². The van der Waals surface area contributed by atoms with Crippen molar-refractivity contribution in [3.8, 4) is 0 Å². The van der Waals surface area contributed by atoms with Crippen LogP contribution < -0.4 is 16.2 Å². The van der Waals surface area contributed by atoms with Crippen LogP contribution in [0.15, 0.2) is 47.3 Å². The molecule has 0 spiro atoms. The second-order valence-corrected chi connectivity index (χ2v) is 7.46. The van der Waals surface area contributed by atoms with Gasteiger partial charge in [0, 0.05) is 23.1 Å². The molecule has 0 aliphatic heterocycles. The average Bonchev–Trinajstić information content (AvgIpc) is 2.60. The summed E-state index contributed by atoms with van der Waals surface area (Å²) in [4.78, 5) is 29.8. The lowest BCUT2D eigenvalue weighted by molar-refractivity contribution is -0.116. The van der Waals surface area contributed by atoms with Gasteiger partial charge in [-0.05, 0) is 69.0 Å². The lowest BCUT2D eigenvalue weighted by atomic mass is 10.1. The minimum atomic E-state index is -0.279. The first kappa shape index (κ1) is 20.3. The van der Waals surface area contributed by atoms with E-state index in [4.69, 9.17) is 0 Å². The molecule has 0 fully saturated rings.